The molecule has 0 aliphatic carbocycles. The first kappa shape index (κ1) is 25.0. The molecular formula is C28H39NO2. The summed E-state index contributed by atoms with van der Waals surface area (Å²) >= 11 is 0. The summed E-state index contributed by atoms with van der Waals surface area (Å²) in [5, 5.41) is 3.33. The number of unbranched alkanes of at least 4 members (excludes halogenated alkanes) is 10. The lowest BCUT2D eigenvalue weighted by Crippen LogP contribution is -2.43. The molecule has 0 unspecified atom stereocenters. The van der Waals surface area contributed by atoms with E-state index in [1.54, 1.807) is 0 Å². The molecular weight excluding hydrogens is 382 g/mol. The Morgan fingerprint density at radius 3 is 2.16 bits per heavy atom. The van der Waals surface area contributed by atoms with E-state index in [-0.39, 0.29) is 0 Å². The van der Waals surface area contributed by atoms with Crippen LogP contribution in [0.1, 0.15) is 96.0 Å². The largest absolute Gasteiger partial charge is 0.444 e. The van der Waals surface area contributed by atoms with Gasteiger partial charge in [-0.1, -0.05) is 101 Å². The van der Waals surface area contributed by atoms with E-state index in [0.717, 1.165) is 44.3 Å². The van der Waals surface area contributed by atoms with Gasteiger partial charge in [-0.05, 0) is 36.9 Å². The fourth-order valence-electron chi connectivity index (χ4n) is 4.11. The van der Waals surface area contributed by atoms with Gasteiger partial charge < -0.3 is 10.1 Å². The first-order chi connectivity index (χ1) is 15.3. The van der Waals surface area contributed by atoms with Gasteiger partial charge in [-0.3, -0.25) is 0 Å². The third-order valence-corrected chi connectivity index (χ3v) is 5.97. The molecule has 1 fully saturated rings. The van der Waals surface area contributed by atoms with E-state index in [0.29, 0.717) is 0 Å². The van der Waals surface area contributed by atoms with Gasteiger partial charge in [-0.15, -0.1) is 0 Å². The predicted octanol–water partition coefficient (Wildman–Crippen LogP) is 6.13. The van der Waals surface area contributed by atoms with Crippen LogP contribution in [0.5, 0.6) is 0 Å². The molecule has 0 amide bonds. The van der Waals surface area contributed by atoms with Gasteiger partial charge >= 0.3 is 5.97 Å². The minimum absolute atomic E-state index is 0.487. The molecule has 1 aromatic carbocycles. The molecule has 0 bridgehead atoms. The van der Waals surface area contributed by atoms with Crippen molar-refractivity contribution in [3.63, 3.8) is 0 Å². The summed E-state index contributed by atoms with van der Waals surface area (Å²) in [4.78, 5) is 12.3. The molecule has 1 aliphatic heterocycles. The van der Waals surface area contributed by atoms with Gasteiger partial charge in [0.2, 0.25) is 0 Å². The fraction of sp³-hybridized carbons (Fsp3) is 0.607. The molecule has 1 aliphatic rings. The fourth-order valence-corrected chi connectivity index (χ4v) is 4.11. The van der Waals surface area contributed by atoms with Crippen molar-refractivity contribution in [3.8, 4) is 23.7 Å². The third-order valence-electron chi connectivity index (χ3n) is 5.97. The lowest BCUT2D eigenvalue weighted by Gasteiger charge is -2.36. The Morgan fingerprint density at radius 1 is 0.903 bits per heavy atom. The number of nitrogens with one attached hydrogen (secondary N) is 1. The molecule has 168 valence electrons. The molecule has 0 atom stereocenters. The zero-order valence-corrected chi connectivity index (χ0v) is 19.3. The summed E-state index contributed by atoms with van der Waals surface area (Å²) in [6, 6.07) is 10.00. The topological polar surface area (TPSA) is 38.3 Å². The Balaban J connectivity index is 1.64. The molecule has 2 rings (SSSR count). The van der Waals surface area contributed by atoms with Crippen LogP contribution in [-0.2, 0) is 15.1 Å². The number of piperidine rings is 1. The molecule has 1 N–H and O–H groups in total. The smallest absolute Gasteiger partial charge is 0.386 e. The Bertz CT molecular complexity index is 742. The van der Waals surface area contributed by atoms with Crippen LogP contribution in [0.2, 0.25) is 0 Å². The van der Waals surface area contributed by atoms with Crippen molar-refractivity contribution in [1.29, 1.82) is 0 Å². The molecule has 0 spiro atoms. The Hall–Kier alpha value is -2.23. The Kier molecular flexibility index (Phi) is 12.6. The average Bonchev–Trinajstić information content (AvgIpc) is 2.80. The summed E-state index contributed by atoms with van der Waals surface area (Å²) in [6.45, 7) is 3.92. The van der Waals surface area contributed by atoms with Crippen molar-refractivity contribution in [2.75, 3.05) is 13.1 Å². The number of ether oxygens (including phenoxy) is 1. The molecule has 3 nitrogen and oxygen atoms in total. The van der Waals surface area contributed by atoms with Gasteiger partial charge in [-0.2, -0.15) is 0 Å². The Labute approximate surface area is 189 Å². The number of carbonyl (C=O) groups excluding carboxylic acids is 1. The van der Waals surface area contributed by atoms with Crippen LogP contribution in [-0.4, -0.2) is 19.1 Å². The first-order valence-electron chi connectivity index (χ1n) is 12.2. The summed E-state index contributed by atoms with van der Waals surface area (Å²) in [5.41, 5.74) is 0.459. The van der Waals surface area contributed by atoms with Crippen molar-refractivity contribution in [1.82, 2.24) is 5.32 Å². The molecule has 0 radical (unpaired) electrons. The highest BCUT2D eigenvalue weighted by Crippen LogP contribution is 2.34. The standard InChI is InChI=1S/C28H39NO2/c1-2-3-4-5-6-7-8-9-10-11-12-13-14-18-21-27(30)31-28(22-24-29-25-23-28)26-19-16-15-17-20-26/h15-17,19-20,29H,2-12,22-25H2,1H3. The highest BCUT2D eigenvalue weighted by molar-refractivity contribution is 5.89. The lowest BCUT2D eigenvalue weighted by molar-refractivity contribution is -0.156. The van der Waals surface area contributed by atoms with E-state index >= 15 is 0 Å². The number of rotatable bonds is 12. The minimum Gasteiger partial charge on any atom is -0.444 e. The quantitative estimate of drug-likeness (QED) is 0.191. The number of carbonyl (C=O) groups is 1. The van der Waals surface area contributed by atoms with E-state index in [9.17, 15) is 4.79 Å². The highest BCUT2D eigenvalue weighted by Gasteiger charge is 2.37. The normalized spacial score (nSPS) is 14.6. The second kappa shape index (κ2) is 15.6. The van der Waals surface area contributed by atoms with Crippen LogP contribution in [0.15, 0.2) is 30.3 Å². The van der Waals surface area contributed by atoms with Gasteiger partial charge in [0, 0.05) is 25.2 Å². The minimum atomic E-state index is -0.582. The molecule has 0 saturated carbocycles. The van der Waals surface area contributed by atoms with Gasteiger partial charge in [-0.25, -0.2) is 4.79 Å². The van der Waals surface area contributed by atoms with Crippen LogP contribution in [0.3, 0.4) is 0 Å². The van der Waals surface area contributed by atoms with Crippen LogP contribution in [0.4, 0.5) is 0 Å². The molecule has 31 heavy (non-hydrogen) atoms. The van der Waals surface area contributed by atoms with Gasteiger partial charge in [0.15, 0.2) is 0 Å². The summed E-state index contributed by atoms with van der Waals surface area (Å²) < 4.78 is 5.86. The van der Waals surface area contributed by atoms with E-state index in [1.807, 2.05) is 30.3 Å². The maximum absolute atomic E-state index is 12.3. The van der Waals surface area contributed by atoms with Crippen molar-refractivity contribution in [3.05, 3.63) is 35.9 Å². The number of hydrogen-bond acceptors (Lipinski definition) is 3. The molecule has 1 aromatic rings. The molecule has 1 saturated heterocycles. The highest BCUT2D eigenvalue weighted by atomic mass is 16.6. The molecule has 1 heterocycles. The van der Waals surface area contributed by atoms with E-state index in [1.165, 1.54) is 57.8 Å². The van der Waals surface area contributed by atoms with Crippen LogP contribution in [0, 0.1) is 23.7 Å². The van der Waals surface area contributed by atoms with Crippen LogP contribution >= 0.6 is 0 Å². The van der Waals surface area contributed by atoms with Crippen molar-refractivity contribution in [2.24, 2.45) is 0 Å². The number of benzene rings is 1. The van der Waals surface area contributed by atoms with E-state index < -0.39 is 11.6 Å². The predicted molar refractivity (Wildman–Crippen MR) is 128 cm³/mol. The first-order valence-corrected chi connectivity index (χ1v) is 12.2. The summed E-state index contributed by atoms with van der Waals surface area (Å²) in [7, 11) is 0. The number of esters is 1. The third kappa shape index (κ3) is 10.1. The van der Waals surface area contributed by atoms with Crippen LogP contribution < -0.4 is 5.32 Å². The average molecular weight is 422 g/mol. The monoisotopic (exact) mass is 421 g/mol. The van der Waals surface area contributed by atoms with E-state index in [2.05, 4.69) is 35.9 Å². The summed E-state index contributed by atoms with van der Waals surface area (Å²) in [6.07, 6.45) is 15.6. The zero-order valence-electron chi connectivity index (χ0n) is 19.3. The number of hydrogen-bond donors (Lipinski definition) is 1. The second-order valence-electron chi connectivity index (χ2n) is 8.48. The van der Waals surface area contributed by atoms with Crippen LogP contribution in [0.25, 0.3) is 0 Å². The summed E-state index contributed by atoms with van der Waals surface area (Å²) in [5.74, 6) is 10.6. The lowest BCUT2D eigenvalue weighted by atomic mass is 9.85. The van der Waals surface area contributed by atoms with Gasteiger partial charge in [0.25, 0.3) is 0 Å². The van der Waals surface area contributed by atoms with Crippen molar-refractivity contribution in [2.45, 2.75) is 96.0 Å². The SMILES string of the molecule is CCCCCCCCCCCCC#CC#CC(=O)OC1(c2ccccc2)CCNCC1. The van der Waals surface area contributed by atoms with Crippen molar-refractivity contribution < 1.29 is 9.53 Å². The second-order valence-corrected chi connectivity index (χ2v) is 8.48. The maximum Gasteiger partial charge on any atom is 0.386 e. The van der Waals surface area contributed by atoms with E-state index in [4.69, 9.17) is 4.74 Å². The molecule has 0 aromatic heterocycles. The van der Waals surface area contributed by atoms with Crippen molar-refractivity contribution >= 4 is 5.97 Å². The van der Waals surface area contributed by atoms with Gasteiger partial charge in [0.05, 0.1) is 0 Å². The Morgan fingerprint density at radius 2 is 1.52 bits per heavy atom. The molecule has 3 heteroatoms. The van der Waals surface area contributed by atoms with Gasteiger partial charge in [0.1, 0.15) is 5.60 Å². The maximum atomic E-state index is 12.3. The zero-order chi connectivity index (χ0) is 22.0.